The van der Waals surface area contributed by atoms with Gasteiger partial charge in [-0.25, -0.2) is 4.79 Å². The Balaban J connectivity index is 2.08. The molecule has 1 aliphatic heterocycles. The second-order valence-corrected chi connectivity index (χ2v) is 3.96. The molecular formula is C12H17N3O3. The third-order valence-electron chi connectivity index (χ3n) is 2.79. The Labute approximate surface area is 106 Å². The van der Waals surface area contributed by atoms with E-state index in [4.69, 9.17) is 15.2 Å². The number of hydrogen-bond acceptors (Lipinski definition) is 4. The highest BCUT2D eigenvalue weighted by atomic mass is 16.5. The van der Waals surface area contributed by atoms with Gasteiger partial charge in [0.1, 0.15) is 0 Å². The molecule has 0 atom stereocenters. The third kappa shape index (κ3) is 2.65. The summed E-state index contributed by atoms with van der Waals surface area (Å²) in [5.41, 5.74) is 6.85. The highest BCUT2D eigenvalue weighted by molar-refractivity contribution is 5.92. The first-order valence-corrected chi connectivity index (χ1v) is 5.78. The van der Waals surface area contributed by atoms with Crippen molar-refractivity contribution in [1.29, 1.82) is 0 Å². The summed E-state index contributed by atoms with van der Waals surface area (Å²) in [6.07, 6.45) is 0. The molecule has 0 unspecified atom stereocenters. The Bertz CT molecular complexity index is 431. The standard InChI is InChI=1S/C12H17N3O3/c1-17-11-9(13)3-2-4-10(11)14-12(16)15-5-7-18-8-6-15/h2-4H,5-8,13H2,1H3,(H,14,16). The van der Waals surface area contributed by atoms with Crippen LogP contribution in [0.3, 0.4) is 0 Å². The zero-order valence-electron chi connectivity index (χ0n) is 10.3. The molecule has 0 aromatic heterocycles. The van der Waals surface area contributed by atoms with Gasteiger partial charge >= 0.3 is 6.03 Å². The second-order valence-electron chi connectivity index (χ2n) is 3.96. The number of rotatable bonds is 2. The summed E-state index contributed by atoms with van der Waals surface area (Å²) < 4.78 is 10.4. The number of hydrogen-bond donors (Lipinski definition) is 2. The second kappa shape index (κ2) is 5.59. The number of methoxy groups -OCH3 is 1. The van der Waals surface area contributed by atoms with E-state index in [1.807, 2.05) is 0 Å². The summed E-state index contributed by atoms with van der Waals surface area (Å²) in [5.74, 6) is 0.485. The Morgan fingerprint density at radius 3 is 2.83 bits per heavy atom. The number of nitrogen functional groups attached to an aromatic ring is 1. The first-order valence-electron chi connectivity index (χ1n) is 5.78. The highest BCUT2D eigenvalue weighted by Gasteiger charge is 2.18. The fourth-order valence-corrected chi connectivity index (χ4v) is 1.84. The van der Waals surface area contributed by atoms with E-state index in [1.54, 1.807) is 23.1 Å². The molecule has 1 aromatic carbocycles. The molecule has 6 nitrogen and oxygen atoms in total. The molecule has 0 aliphatic carbocycles. The zero-order valence-corrected chi connectivity index (χ0v) is 10.3. The SMILES string of the molecule is COc1c(N)cccc1NC(=O)N1CCOCC1. The van der Waals surface area contributed by atoms with Gasteiger partial charge in [-0.15, -0.1) is 0 Å². The summed E-state index contributed by atoms with van der Waals surface area (Å²) in [6.45, 7) is 2.33. The van der Waals surface area contributed by atoms with E-state index in [2.05, 4.69) is 5.32 Å². The predicted molar refractivity (Wildman–Crippen MR) is 68.8 cm³/mol. The van der Waals surface area contributed by atoms with Crippen molar-refractivity contribution in [3.63, 3.8) is 0 Å². The van der Waals surface area contributed by atoms with Crippen molar-refractivity contribution in [2.24, 2.45) is 0 Å². The Morgan fingerprint density at radius 1 is 1.44 bits per heavy atom. The van der Waals surface area contributed by atoms with Gasteiger partial charge in [-0.2, -0.15) is 0 Å². The minimum atomic E-state index is -0.165. The number of anilines is 2. The maximum Gasteiger partial charge on any atom is 0.322 e. The highest BCUT2D eigenvalue weighted by Crippen LogP contribution is 2.30. The lowest BCUT2D eigenvalue weighted by molar-refractivity contribution is 0.0564. The largest absolute Gasteiger partial charge is 0.492 e. The molecule has 3 N–H and O–H groups in total. The monoisotopic (exact) mass is 251 g/mol. The summed E-state index contributed by atoms with van der Waals surface area (Å²) in [5, 5.41) is 2.80. The lowest BCUT2D eigenvalue weighted by Gasteiger charge is -2.27. The van der Waals surface area contributed by atoms with Crippen LogP contribution in [0.2, 0.25) is 0 Å². The lowest BCUT2D eigenvalue weighted by Crippen LogP contribution is -2.43. The van der Waals surface area contributed by atoms with Crippen LogP contribution in [-0.2, 0) is 4.74 Å². The molecule has 1 aliphatic rings. The van der Waals surface area contributed by atoms with Crippen LogP contribution in [0.1, 0.15) is 0 Å². The fraction of sp³-hybridized carbons (Fsp3) is 0.417. The normalized spacial score (nSPS) is 15.3. The molecule has 1 heterocycles. The van der Waals surface area contributed by atoms with Crippen LogP contribution in [0.4, 0.5) is 16.2 Å². The molecule has 1 aromatic rings. The number of nitrogens with one attached hydrogen (secondary N) is 1. The lowest BCUT2D eigenvalue weighted by atomic mass is 10.2. The number of para-hydroxylation sites is 1. The summed E-state index contributed by atoms with van der Waals surface area (Å²) in [6, 6.07) is 5.09. The van der Waals surface area contributed by atoms with Crippen molar-refractivity contribution >= 4 is 17.4 Å². The minimum absolute atomic E-state index is 0.165. The number of nitrogens with two attached hydrogens (primary N) is 1. The van der Waals surface area contributed by atoms with Gasteiger partial charge in [-0.1, -0.05) is 6.07 Å². The maximum atomic E-state index is 12.0. The van der Waals surface area contributed by atoms with Gasteiger partial charge in [0, 0.05) is 13.1 Å². The van der Waals surface area contributed by atoms with Crippen molar-refractivity contribution in [3.8, 4) is 5.75 Å². The Hall–Kier alpha value is -1.95. The molecule has 18 heavy (non-hydrogen) atoms. The van der Waals surface area contributed by atoms with E-state index in [0.717, 1.165) is 0 Å². The van der Waals surface area contributed by atoms with Crippen LogP contribution in [0.15, 0.2) is 18.2 Å². The number of benzene rings is 1. The van der Waals surface area contributed by atoms with Gasteiger partial charge in [0.25, 0.3) is 0 Å². The van der Waals surface area contributed by atoms with Gasteiger partial charge < -0.3 is 25.4 Å². The number of urea groups is 1. The number of carbonyl (C=O) groups excluding carboxylic acids is 1. The van der Waals surface area contributed by atoms with Gasteiger partial charge in [-0.05, 0) is 12.1 Å². The fourth-order valence-electron chi connectivity index (χ4n) is 1.84. The molecule has 98 valence electrons. The van der Waals surface area contributed by atoms with E-state index in [9.17, 15) is 4.79 Å². The topological polar surface area (TPSA) is 76.8 Å². The van der Waals surface area contributed by atoms with Crippen LogP contribution in [0.5, 0.6) is 5.75 Å². The molecule has 1 saturated heterocycles. The summed E-state index contributed by atoms with van der Waals surface area (Å²) in [4.78, 5) is 13.7. The molecule has 0 radical (unpaired) electrons. The van der Waals surface area contributed by atoms with E-state index in [0.29, 0.717) is 43.4 Å². The number of amides is 2. The van der Waals surface area contributed by atoms with Crippen molar-refractivity contribution in [3.05, 3.63) is 18.2 Å². The van der Waals surface area contributed by atoms with Crippen LogP contribution in [0.25, 0.3) is 0 Å². The summed E-state index contributed by atoms with van der Waals surface area (Å²) in [7, 11) is 1.52. The third-order valence-corrected chi connectivity index (χ3v) is 2.79. The van der Waals surface area contributed by atoms with Gasteiger partial charge in [0.2, 0.25) is 0 Å². The van der Waals surface area contributed by atoms with Crippen LogP contribution >= 0.6 is 0 Å². The van der Waals surface area contributed by atoms with E-state index >= 15 is 0 Å². The van der Waals surface area contributed by atoms with Crippen LogP contribution < -0.4 is 15.8 Å². The maximum absolute atomic E-state index is 12.0. The molecule has 0 spiro atoms. The summed E-state index contributed by atoms with van der Waals surface area (Å²) >= 11 is 0. The zero-order chi connectivity index (χ0) is 13.0. The number of carbonyl (C=O) groups is 1. The van der Waals surface area contributed by atoms with Gasteiger partial charge in [0.15, 0.2) is 5.75 Å². The average Bonchev–Trinajstić information content (AvgIpc) is 2.40. The van der Waals surface area contributed by atoms with Gasteiger partial charge in [-0.3, -0.25) is 0 Å². The molecule has 2 rings (SSSR count). The smallest absolute Gasteiger partial charge is 0.322 e. The minimum Gasteiger partial charge on any atom is -0.492 e. The number of ether oxygens (including phenoxy) is 2. The van der Waals surface area contributed by atoms with Crippen molar-refractivity contribution in [2.75, 3.05) is 44.5 Å². The number of morpholine rings is 1. The van der Waals surface area contributed by atoms with Crippen molar-refractivity contribution in [2.45, 2.75) is 0 Å². The Kier molecular flexibility index (Phi) is 3.88. The molecular weight excluding hydrogens is 234 g/mol. The van der Waals surface area contributed by atoms with Crippen LogP contribution in [0, 0.1) is 0 Å². The molecule has 1 fully saturated rings. The van der Waals surface area contributed by atoms with Gasteiger partial charge in [0.05, 0.1) is 31.7 Å². The molecule has 2 amide bonds. The molecule has 0 saturated carbocycles. The molecule has 6 heteroatoms. The first kappa shape index (κ1) is 12.5. The average molecular weight is 251 g/mol. The predicted octanol–water partition coefficient (Wildman–Crippen LogP) is 1.14. The number of nitrogens with zero attached hydrogens (tertiary/aromatic N) is 1. The molecule has 0 bridgehead atoms. The quantitative estimate of drug-likeness (QED) is 0.773. The van der Waals surface area contributed by atoms with E-state index in [-0.39, 0.29) is 6.03 Å². The van der Waals surface area contributed by atoms with Crippen molar-refractivity contribution in [1.82, 2.24) is 4.90 Å². The Morgan fingerprint density at radius 2 is 2.17 bits per heavy atom. The first-order chi connectivity index (χ1) is 8.72. The van der Waals surface area contributed by atoms with E-state index < -0.39 is 0 Å². The van der Waals surface area contributed by atoms with Crippen molar-refractivity contribution < 1.29 is 14.3 Å². The van der Waals surface area contributed by atoms with E-state index in [1.165, 1.54) is 7.11 Å². The van der Waals surface area contributed by atoms with Crippen LogP contribution in [-0.4, -0.2) is 44.3 Å².